The molecule has 3 aliphatic rings. The number of nitrogens with zero attached hydrogens (tertiary/aromatic N) is 2. The van der Waals surface area contributed by atoms with Crippen LogP contribution in [0, 0.1) is 5.92 Å². The van der Waals surface area contributed by atoms with Crippen molar-refractivity contribution in [1.29, 1.82) is 0 Å². The second kappa shape index (κ2) is 6.54. The van der Waals surface area contributed by atoms with Gasteiger partial charge in [-0.2, -0.15) is 0 Å². The molecule has 1 saturated carbocycles. The lowest BCUT2D eigenvalue weighted by Gasteiger charge is -2.49. The van der Waals surface area contributed by atoms with Crippen molar-refractivity contribution in [3.63, 3.8) is 0 Å². The fraction of sp³-hybridized carbons (Fsp3) is 0.875. The Kier molecular flexibility index (Phi) is 4.68. The molecule has 2 N–H and O–H groups in total. The van der Waals surface area contributed by atoms with Gasteiger partial charge in [0, 0.05) is 38.1 Å². The first-order chi connectivity index (χ1) is 10.6. The van der Waals surface area contributed by atoms with Gasteiger partial charge in [0.25, 0.3) is 0 Å². The third-order valence-corrected chi connectivity index (χ3v) is 5.57. The van der Waals surface area contributed by atoms with Crippen LogP contribution in [0.5, 0.6) is 0 Å². The molecule has 0 aromatic rings. The van der Waals surface area contributed by atoms with Gasteiger partial charge < -0.3 is 15.4 Å². The fourth-order valence-corrected chi connectivity index (χ4v) is 4.29. The van der Waals surface area contributed by atoms with Gasteiger partial charge in [-0.3, -0.25) is 14.5 Å². The molecule has 0 bridgehead atoms. The smallest absolute Gasteiger partial charge is 0.223 e. The van der Waals surface area contributed by atoms with Crippen molar-refractivity contribution in [2.75, 3.05) is 39.4 Å². The lowest BCUT2D eigenvalue weighted by molar-refractivity contribution is -0.131. The molecule has 1 unspecified atom stereocenters. The summed E-state index contributed by atoms with van der Waals surface area (Å²) in [7, 11) is 0. The van der Waals surface area contributed by atoms with Crippen LogP contribution >= 0.6 is 0 Å². The highest BCUT2D eigenvalue weighted by molar-refractivity contribution is 5.88. The van der Waals surface area contributed by atoms with Crippen molar-refractivity contribution < 1.29 is 14.3 Å². The molecule has 1 atom stereocenters. The molecular weight excluding hydrogens is 282 g/mol. The summed E-state index contributed by atoms with van der Waals surface area (Å²) in [4.78, 5) is 28.1. The van der Waals surface area contributed by atoms with E-state index in [0.29, 0.717) is 6.54 Å². The van der Waals surface area contributed by atoms with E-state index in [2.05, 4.69) is 4.90 Å². The largest absolute Gasteiger partial charge is 0.379 e. The quantitative estimate of drug-likeness (QED) is 0.813. The summed E-state index contributed by atoms with van der Waals surface area (Å²) in [6, 6.07) is 0. The van der Waals surface area contributed by atoms with E-state index < -0.39 is 0 Å². The summed E-state index contributed by atoms with van der Waals surface area (Å²) < 4.78 is 5.49. The molecule has 0 radical (unpaired) electrons. The van der Waals surface area contributed by atoms with Crippen LogP contribution in [-0.2, 0) is 14.3 Å². The van der Waals surface area contributed by atoms with Crippen LogP contribution in [0.15, 0.2) is 0 Å². The van der Waals surface area contributed by atoms with Crippen LogP contribution in [-0.4, -0.2) is 66.5 Å². The number of morpholine rings is 1. The van der Waals surface area contributed by atoms with Crippen LogP contribution in [0.2, 0.25) is 0 Å². The molecule has 1 aliphatic carbocycles. The number of carbonyl (C=O) groups excluding carboxylic acids is 2. The third kappa shape index (κ3) is 3.13. The van der Waals surface area contributed by atoms with E-state index >= 15 is 0 Å². The minimum absolute atomic E-state index is 0.0736. The summed E-state index contributed by atoms with van der Waals surface area (Å²) in [6.07, 6.45) is 6.28. The molecule has 2 heterocycles. The Morgan fingerprint density at radius 3 is 2.50 bits per heavy atom. The van der Waals surface area contributed by atoms with Crippen molar-refractivity contribution in [2.24, 2.45) is 11.7 Å². The molecular formula is C16H27N3O3. The van der Waals surface area contributed by atoms with Crippen molar-refractivity contribution in [3.8, 4) is 0 Å². The summed E-state index contributed by atoms with van der Waals surface area (Å²) in [5.41, 5.74) is 5.46. The average Bonchev–Trinajstić information content (AvgIpc) is 2.90. The third-order valence-electron chi connectivity index (χ3n) is 5.57. The van der Waals surface area contributed by atoms with Crippen molar-refractivity contribution >= 4 is 11.8 Å². The SMILES string of the molecule is NC(=O)C1CC(=O)N(CC2(N3CCOCC3)CCCCC2)C1. The summed E-state index contributed by atoms with van der Waals surface area (Å²) in [5, 5.41) is 0. The number of ether oxygens (including phenoxy) is 1. The van der Waals surface area contributed by atoms with Gasteiger partial charge in [0.05, 0.1) is 19.1 Å². The number of amides is 2. The highest BCUT2D eigenvalue weighted by Gasteiger charge is 2.43. The van der Waals surface area contributed by atoms with Gasteiger partial charge in [0.1, 0.15) is 0 Å². The fourth-order valence-electron chi connectivity index (χ4n) is 4.29. The van der Waals surface area contributed by atoms with Crippen LogP contribution in [0.1, 0.15) is 38.5 Å². The molecule has 0 aromatic heterocycles. The van der Waals surface area contributed by atoms with E-state index in [1.54, 1.807) is 0 Å². The summed E-state index contributed by atoms with van der Waals surface area (Å²) in [5.74, 6) is -0.570. The Labute approximate surface area is 131 Å². The van der Waals surface area contributed by atoms with Crippen molar-refractivity contribution in [3.05, 3.63) is 0 Å². The predicted molar refractivity (Wildman–Crippen MR) is 82.1 cm³/mol. The van der Waals surface area contributed by atoms with Gasteiger partial charge in [0.2, 0.25) is 11.8 Å². The van der Waals surface area contributed by atoms with E-state index in [1.165, 1.54) is 19.3 Å². The number of carbonyl (C=O) groups is 2. The number of nitrogens with two attached hydrogens (primary N) is 1. The maximum absolute atomic E-state index is 12.3. The molecule has 3 fully saturated rings. The molecule has 0 spiro atoms. The monoisotopic (exact) mass is 309 g/mol. The van der Waals surface area contributed by atoms with Crippen molar-refractivity contribution in [1.82, 2.24) is 9.80 Å². The molecule has 124 valence electrons. The van der Waals surface area contributed by atoms with Crippen molar-refractivity contribution in [2.45, 2.75) is 44.1 Å². The van der Waals surface area contributed by atoms with Gasteiger partial charge >= 0.3 is 0 Å². The number of rotatable bonds is 4. The molecule has 2 amide bonds. The molecule has 3 rings (SSSR count). The molecule has 0 aromatic carbocycles. The topological polar surface area (TPSA) is 75.9 Å². The van der Waals surface area contributed by atoms with Gasteiger partial charge in [0.15, 0.2) is 0 Å². The molecule has 2 saturated heterocycles. The second-order valence-electron chi connectivity index (χ2n) is 6.96. The van der Waals surface area contributed by atoms with Crippen LogP contribution in [0.3, 0.4) is 0 Å². The average molecular weight is 309 g/mol. The number of primary amides is 1. The number of hydrogen-bond donors (Lipinski definition) is 1. The first-order valence-electron chi connectivity index (χ1n) is 8.51. The minimum atomic E-state index is -0.347. The second-order valence-corrected chi connectivity index (χ2v) is 6.96. The van der Waals surface area contributed by atoms with E-state index in [9.17, 15) is 9.59 Å². The Hall–Kier alpha value is -1.14. The van der Waals surface area contributed by atoms with E-state index in [4.69, 9.17) is 10.5 Å². The Morgan fingerprint density at radius 2 is 1.91 bits per heavy atom. The molecule has 6 nitrogen and oxygen atoms in total. The normalized spacial score (nSPS) is 29.7. The van der Waals surface area contributed by atoms with Gasteiger partial charge in [-0.1, -0.05) is 19.3 Å². The predicted octanol–water partition coefficient (Wildman–Crippen LogP) is 0.355. The van der Waals surface area contributed by atoms with E-state index in [0.717, 1.165) is 45.7 Å². The summed E-state index contributed by atoms with van der Waals surface area (Å²) >= 11 is 0. The zero-order chi connectivity index (χ0) is 15.6. The number of hydrogen-bond acceptors (Lipinski definition) is 4. The zero-order valence-electron chi connectivity index (χ0n) is 13.3. The Balaban J connectivity index is 1.72. The minimum Gasteiger partial charge on any atom is -0.379 e. The maximum Gasteiger partial charge on any atom is 0.223 e. The molecule has 22 heavy (non-hydrogen) atoms. The lowest BCUT2D eigenvalue weighted by atomic mass is 9.79. The first kappa shape index (κ1) is 15.7. The van der Waals surface area contributed by atoms with E-state index in [-0.39, 0.29) is 29.7 Å². The van der Waals surface area contributed by atoms with E-state index in [1.807, 2.05) is 4.90 Å². The van der Waals surface area contributed by atoms with Gasteiger partial charge in [-0.25, -0.2) is 0 Å². The van der Waals surface area contributed by atoms with Crippen LogP contribution in [0.4, 0.5) is 0 Å². The van der Waals surface area contributed by atoms with Gasteiger partial charge in [-0.15, -0.1) is 0 Å². The highest BCUT2D eigenvalue weighted by Crippen LogP contribution is 2.36. The molecule has 6 heteroatoms. The maximum atomic E-state index is 12.3. The van der Waals surface area contributed by atoms with Gasteiger partial charge in [-0.05, 0) is 12.8 Å². The first-order valence-corrected chi connectivity index (χ1v) is 8.51. The van der Waals surface area contributed by atoms with Crippen LogP contribution < -0.4 is 5.73 Å². The zero-order valence-corrected chi connectivity index (χ0v) is 13.3. The number of likely N-dealkylation sites (tertiary alicyclic amines) is 1. The van der Waals surface area contributed by atoms with Crippen LogP contribution in [0.25, 0.3) is 0 Å². The highest BCUT2D eigenvalue weighted by atomic mass is 16.5. The lowest BCUT2D eigenvalue weighted by Crippen LogP contribution is -2.60. The summed E-state index contributed by atoms with van der Waals surface area (Å²) in [6.45, 7) is 4.69. The Morgan fingerprint density at radius 1 is 1.23 bits per heavy atom. The molecule has 2 aliphatic heterocycles. The standard InChI is InChI=1S/C16H27N3O3/c17-15(21)13-10-14(20)18(11-13)12-16(4-2-1-3-5-16)19-6-8-22-9-7-19/h13H,1-12H2,(H2,17,21). The Bertz CT molecular complexity index is 428.